The van der Waals surface area contributed by atoms with Crippen molar-refractivity contribution in [3.05, 3.63) is 24.0 Å². The van der Waals surface area contributed by atoms with Crippen LogP contribution in [0.25, 0.3) is 0 Å². The zero-order valence-electron chi connectivity index (χ0n) is 8.69. The maximum atomic E-state index is 11.7. The van der Waals surface area contributed by atoms with Gasteiger partial charge in [-0.3, -0.25) is 9.78 Å². The van der Waals surface area contributed by atoms with E-state index >= 15 is 0 Å². The Bertz CT molecular complexity index is 393. The molecular weight excluding hydrogens is 228 g/mol. The lowest BCUT2D eigenvalue weighted by Gasteiger charge is -2.10. The zero-order chi connectivity index (χ0) is 11.5. The van der Waals surface area contributed by atoms with E-state index in [2.05, 4.69) is 10.3 Å². The number of nitrogens with zero attached hydrogens (tertiary/aromatic N) is 1. The summed E-state index contributed by atoms with van der Waals surface area (Å²) in [4.78, 5) is 15.4. The van der Waals surface area contributed by atoms with E-state index in [1.807, 2.05) is 0 Å². The molecule has 16 heavy (non-hydrogen) atoms. The summed E-state index contributed by atoms with van der Waals surface area (Å²) in [5, 5.41) is 12.1. The van der Waals surface area contributed by atoms with Crippen LogP contribution < -0.4 is 5.32 Å². The van der Waals surface area contributed by atoms with E-state index in [4.69, 9.17) is 11.6 Å². The smallest absolute Gasteiger partial charge is 0.255 e. The summed E-state index contributed by atoms with van der Waals surface area (Å²) in [7, 11) is 0. The molecule has 4 nitrogen and oxygen atoms in total. The fourth-order valence-electron chi connectivity index (χ4n) is 1.49. The van der Waals surface area contributed by atoms with E-state index in [-0.39, 0.29) is 22.6 Å². The lowest BCUT2D eigenvalue weighted by molar-refractivity contribution is 0.0950. The van der Waals surface area contributed by atoms with E-state index in [1.54, 1.807) is 0 Å². The summed E-state index contributed by atoms with van der Waals surface area (Å²) in [6.45, 7) is 0.437. The third kappa shape index (κ3) is 2.64. The molecule has 0 radical (unpaired) electrons. The minimum atomic E-state index is -0.314. The van der Waals surface area contributed by atoms with Gasteiger partial charge in [-0.05, 0) is 24.8 Å². The lowest BCUT2D eigenvalue weighted by atomic mass is 10.2. The van der Waals surface area contributed by atoms with E-state index in [0.29, 0.717) is 12.5 Å². The minimum absolute atomic E-state index is 0.00655. The fourth-order valence-corrected chi connectivity index (χ4v) is 1.82. The Labute approximate surface area is 98.6 Å². The summed E-state index contributed by atoms with van der Waals surface area (Å²) in [6, 6.07) is 1.48. The number of halogens is 1. The van der Waals surface area contributed by atoms with Gasteiger partial charge in [-0.2, -0.15) is 0 Å². The summed E-state index contributed by atoms with van der Waals surface area (Å²) >= 11 is 6.06. The zero-order valence-corrected chi connectivity index (χ0v) is 9.44. The normalized spacial score (nSPS) is 16.8. The predicted molar refractivity (Wildman–Crippen MR) is 60.6 cm³/mol. The van der Waals surface area contributed by atoms with Crippen molar-refractivity contribution >= 4 is 17.5 Å². The van der Waals surface area contributed by atoms with Gasteiger partial charge in [0.15, 0.2) is 0 Å². The van der Waals surface area contributed by atoms with Gasteiger partial charge in [0.05, 0.1) is 17.1 Å². The lowest BCUT2D eigenvalue weighted by Crippen LogP contribution is -2.30. The molecule has 1 aromatic heterocycles. The second-order valence-corrected chi connectivity index (χ2v) is 4.52. The average Bonchev–Trinajstić information content (AvgIpc) is 3.10. The molecule has 2 rings (SSSR count). The number of nitrogens with one attached hydrogen (secondary N) is 1. The van der Waals surface area contributed by atoms with E-state index < -0.39 is 0 Å². The third-order valence-electron chi connectivity index (χ3n) is 2.64. The van der Waals surface area contributed by atoms with Crippen LogP contribution in [0.5, 0.6) is 5.75 Å². The number of aromatic hydroxyl groups is 1. The molecule has 86 valence electrons. The fraction of sp³-hybridized carbons (Fsp3) is 0.455. The molecule has 1 aliphatic rings. The maximum Gasteiger partial charge on any atom is 0.255 e. The number of hydrogen-bond donors (Lipinski definition) is 2. The van der Waals surface area contributed by atoms with Crippen LogP contribution in [-0.2, 0) is 0 Å². The second-order valence-electron chi connectivity index (χ2n) is 3.96. The van der Waals surface area contributed by atoms with Crippen molar-refractivity contribution in [3.8, 4) is 5.75 Å². The molecule has 1 fully saturated rings. The molecule has 1 amide bonds. The summed E-state index contributed by atoms with van der Waals surface area (Å²) < 4.78 is 0. The first-order chi connectivity index (χ1) is 7.68. The molecule has 2 N–H and O–H groups in total. The minimum Gasteiger partial charge on any atom is -0.505 e. The Morgan fingerprint density at radius 2 is 2.44 bits per heavy atom. The SMILES string of the molecule is O=C(NCC(Cl)C1CC1)c1ccncc1O. The molecule has 1 saturated carbocycles. The van der Waals surface area contributed by atoms with Gasteiger partial charge in [-0.25, -0.2) is 0 Å². The van der Waals surface area contributed by atoms with Crippen molar-refractivity contribution < 1.29 is 9.90 Å². The van der Waals surface area contributed by atoms with Gasteiger partial charge in [0.1, 0.15) is 5.75 Å². The molecule has 0 saturated heterocycles. The number of carbonyl (C=O) groups excluding carboxylic acids is 1. The Hall–Kier alpha value is -1.29. The van der Waals surface area contributed by atoms with Crippen molar-refractivity contribution in [2.24, 2.45) is 5.92 Å². The van der Waals surface area contributed by atoms with Gasteiger partial charge < -0.3 is 10.4 Å². The Balaban J connectivity index is 1.90. The highest BCUT2D eigenvalue weighted by Crippen LogP contribution is 2.35. The molecular formula is C11H13ClN2O2. The first-order valence-electron chi connectivity index (χ1n) is 5.23. The first kappa shape index (κ1) is 11.2. The van der Waals surface area contributed by atoms with Gasteiger partial charge >= 0.3 is 0 Å². The number of aromatic nitrogens is 1. The van der Waals surface area contributed by atoms with Gasteiger partial charge in [0, 0.05) is 12.7 Å². The van der Waals surface area contributed by atoms with E-state index in [1.165, 1.54) is 18.5 Å². The van der Waals surface area contributed by atoms with Crippen LogP contribution in [0.15, 0.2) is 18.5 Å². The molecule has 5 heteroatoms. The van der Waals surface area contributed by atoms with Crippen molar-refractivity contribution in [3.63, 3.8) is 0 Å². The highest BCUT2D eigenvalue weighted by atomic mass is 35.5. The molecule has 0 bridgehead atoms. The predicted octanol–water partition coefficient (Wildman–Crippen LogP) is 1.53. The quantitative estimate of drug-likeness (QED) is 0.785. The van der Waals surface area contributed by atoms with Crippen LogP contribution in [-0.4, -0.2) is 27.9 Å². The maximum absolute atomic E-state index is 11.7. The van der Waals surface area contributed by atoms with Crippen molar-refractivity contribution in [2.45, 2.75) is 18.2 Å². The average molecular weight is 241 g/mol. The van der Waals surface area contributed by atoms with Gasteiger partial charge in [0.2, 0.25) is 0 Å². The molecule has 1 aliphatic carbocycles. The monoisotopic (exact) mass is 240 g/mol. The molecule has 1 atom stereocenters. The van der Waals surface area contributed by atoms with E-state index in [9.17, 15) is 9.90 Å². The Morgan fingerprint density at radius 3 is 3.06 bits per heavy atom. The number of carbonyl (C=O) groups is 1. The molecule has 1 aromatic rings. The van der Waals surface area contributed by atoms with Crippen molar-refractivity contribution in [1.29, 1.82) is 0 Å². The van der Waals surface area contributed by atoms with Gasteiger partial charge in [0.25, 0.3) is 5.91 Å². The largest absolute Gasteiger partial charge is 0.505 e. The highest BCUT2D eigenvalue weighted by molar-refractivity contribution is 6.21. The van der Waals surface area contributed by atoms with Crippen molar-refractivity contribution in [2.75, 3.05) is 6.54 Å². The topological polar surface area (TPSA) is 62.2 Å². The van der Waals surface area contributed by atoms with Crippen LogP contribution in [0.2, 0.25) is 0 Å². The molecule has 0 aromatic carbocycles. The summed E-state index contributed by atoms with van der Waals surface area (Å²) in [6.07, 6.45) is 5.00. The number of hydrogen-bond acceptors (Lipinski definition) is 3. The third-order valence-corrected chi connectivity index (χ3v) is 3.15. The number of rotatable bonds is 4. The molecule has 1 unspecified atom stereocenters. The summed E-state index contributed by atoms with van der Waals surface area (Å²) in [5.74, 6) is 0.108. The summed E-state index contributed by atoms with van der Waals surface area (Å²) in [5.41, 5.74) is 0.231. The van der Waals surface area contributed by atoms with Crippen molar-refractivity contribution in [1.82, 2.24) is 10.3 Å². The molecule has 0 aliphatic heterocycles. The first-order valence-corrected chi connectivity index (χ1v) is 5.67. The molecule has 0 spiro atoms. The molecule has 1 heterocycles. The Morgan fingerprint density at radius 1 is 1.69 bits per heavy atom. The standard InChI is InChI=1S/C11H13ClN2O2/c12-9(7-1-2-7)5-14-11(16)8-3-4-13-6-10(8)15/h3-4,6-7,9,15H,1-2,5H2,(H,14,16). The number of alkyl halides is 1. The highest BCUT2D eigenvalue weighted by Gasteiger charge is 2.29. The van der Waals surface area contributed by atoms with Gasteiger partial charge in [-0.1, -0.05) is 0 Å². The van der Waals surface area contributed by atoms with Crippen LogP contribution >= 0.6 is 11.6 Å². The van der Waals surface area contributed by atoms with Crippen LogP contribution in [0.3, 0.4) is 0 Å². The van der Waals surface area contributed by atoms with Crippen LogP contribution in [0, 0.1) is 5.92 Å². The second kappa shape index (κ2) is 4.70. The van der Waals surface area contributed by atoms with Crippen LogP contribution in [0.4, 0.5) is 0 Å². The van der Waals surface area contributed by atoms with Crippen LogP contribution in [0.1, 0.15) is 23.2 Å². The van der Waals surface area contributed by atoms with Gasteiger partial charge in [-0.15, -0.1) is 11.6 Å². The van der Waals surface area contributed by atoms with E-state index in [0.717, 1.165) is 12.8 Å². The number of amides is 1. The Kier molecular flexibility index (Phi) is 3.29. The number of pyridine rings is 1.